The quantitative estimate of drug-likeness (QED) is 0.668. The fraction of sp³-hybridized carbons (Fsp3) is 0.143. The van der Waals surface area contributed by atoms with Gasteiger partial charge in [0.1, 0.15) is 23.6 Å². The zero-order valence-corrected chi connectivity index (χ0v) is 11.2. The molecule has 21 heavy (non-hydrogen) atoms. The predicted molar refractivity (Wildman–Crippen MR) is 74.9 cm³/mol. The number of benzene rings is 1. The molecule has 0 unspecified atom stereocenters. The molecule has 0 aliphatic heterocycles. The maximum atomic E-state index is 10.6. The van der Waals surface area contributed by atoms with Crippen LogP contribution >= 0.6 is 0 Å². The van der Waals surface area contributed by atoms with Gasteiger partial charge in [-0.25, -0.2) is 4.98 Å². The van der Waals surface area contributed by atoms with Gasteiger partial charge >= 0.3 is 0 Å². The van der Waals surface area contributed by atoms with Gasteiger partial charge in [0.2, 0.25) is 5.88 Å². The van der Waals surface area contributed by atoms with Crippen LogP contribution in [0.25, 0.3) is 0 Å². The lowest BCUT2D eigenvalue weighted by Gasteiger charge is -2.07. The SMILES string of the molecule is CNCc1ccc(Oc2ncc([N+](=O)[O-])cc2C#N)cc1. The molecular formula is C14H12N4O3. The highest BCUT2D eigenvalue weighted by Crippen LogP contribution is 2.25. The van der Waals surface area contributed by atoms with Crippen LogP contribution in [0, 0.1) is 21.4 Å². The third-order valence-corrected chi connectivity index (χ3v) is 2.69. The second-order valence-electron chi connectivity index (χ2n) is 4.19. The van der Waals surface area contributed by atoms with E-state index in [4.69, 9.17) is 10.00 Å². The minimum absolute atomic E-state index is 0.0171. The molecule has 0 aliphatic rings. The van der Waals surface area contributed by atoms with Gasteiger partial charge in [0, 0.05) is 12.6 Å². The van der Waals surface area contributed by atoms with Gasteiger partial charge in [0.25, 0.3) is 5.69 Å². The lowest BCUT2D eigenvalue weighted by molar-refractivity contribution is -0.385. The number of pyridine rings is 1. The number of nitrogens with zero attached hydrogens (tertiary/aromatic N) is 3. The van der Waals surface area contributed by atoms with Crippen molar-refractivity contribution in [2.24, 2.45) is 0 Å². The number of aromatic nitrogens is 1. The van der Waals surface area contributed by atoms with Gasteiger partial charge in [-0.05, 0) is 24.7 Å². The van der Waals surface area contributed by atoms with Crippen molar-refractivity contribution in [1.29, 1.82) is 5.26 Å². The molecule has 0 amide bonds. The first kappa shape index (κ1) is 14.4. The van der Waals surface area contributed by atoms with Crippen molar-refractivity contribution in [3.05, 3.63) is 57.8 Å². The molecule has 2 rings (SSSR count). The van der Waals surface area contributed by atoms with E-state index in [0.717, 1.165) is 24.4 Å². The molecule has 0 radical (unpaired) electrons. The molecule has 7 nitrogen and oxygen atoms in total. The van der Waals surface area contributed by atoms with Gasteiger partial charge in [-0.1, -0.05) is 12.1 Å². The van der Waals surface area contributed by atoms with Crippen LogP contribution in [-0.2, 0) is 6.54 Å². The third kappa shape index (κ3) is 3.52. The molecule has 2 aromatic rings. The fourth-order valence-corrected chi connectivity index (χ4v) is 1.69. The van der Waals surface area contributed by atoms with Crippen LogP contribution in [0.1, 0.15) is 11.1 Å². The van der Waals surface area contributed by atoms with Crippen LogP contribution < -0.4 is 10.1 Å². The summed E-state index contributed by atoms with van der Waals surface area (Å²) in [7, 11) is 1.85. The minimum atomic E-state index is -0.607. The minimum Gasteiger partial charge on any atom is -0.438 e. The van der Waals surface area contributed by atoms with Crippen molar-refractivity contribution in [2.75, 3.05) is 7.05 Å². The second-order valence-corrected chi connectivity index (χ2v) is 4.19. The van der Waals surface area contributed by atoms with E-state index in [9.17, 15) is 10.1 Å². The summed E-state index contributed by atoms with van der Waals surface area (Å²) in [5, 5.41) is 22.7. The number of hydrogen-bond acceptors (Lipinski definition) is 6. The van der Waals surface area contributed by atoms with Gasteiger partial charge < -0.3 is 10.1 Å². The number of nitro groups is 1. The molecule has 0 spiro atoms. The summed E-state index contributed by atoms with van der Waals surface area (Å²) in [6.07, 6.45) is 1.06. The summed E-state index contributed by atoms with van der Waals surface area (Å²) in [5.74, 6) is 0.553. The van der Waals surface area contributed by atoms with Gasteiger partial charge in [-0.2, -0.15) is 5.26 Å². The Balaban J connectivity index is 2.23. The van der Waals surface area contributed by atoms with E-state index >= 15 is 0 Å². The van der Waals surface area contributed by atoms with E-state index in [-0.39, 0.29) is 17.1 Å². The van der Waals surface area contributed by atoms with Crippen LogP contribution in [0.4, 0.5) is 5.69 Å². The van der Waals surface area contributed by atoms with Crippen molar-refractivity contribution >= 4 is 5.69 Å². The van der Waals surface area contributed by atoms with E-state index < -0.39 is 4.92 Å². The molecule has 0 saturated carbocycles. The van der Waals surface area contributed by atoms with E-state index in [1.54, 1.807) is 12.1 Å². The molecule has 1 aromatic carbocycles. The molecule has 1 N–H and O–H groups in total. The number of nitrogens with one attached hydrogen (secondary N) is 1. The maximum Gasteiger partial charge on any atom is 0.289 e. The number of ether oxygens (including phenoxy) is 1. The first-order valence-corrected chi connectivity index (χ1v) is 6.10. The lowest BCUT2D eigenvalue weighted by atomic mass is 10.2. The Morgan fingerprint density at radius 2 is 2.14 bits per heavy atom. The van der Waals surface area contributed by atoms with Crippen molar-refractivity contribution in [1.82, 2.24) is 10.3 Å². The third-order valence-electron chi connectivity index (χ3n) is 2.69. The summed E-state index contributed by atoms with van der Waals surface area (Å²) >= 11 is 0. The van der Waals surface area contributed by atoms with Crippen LogP contribution in [0.15, 0.2) is 36.5 Å². The van der Waals surface area contributed by atoms with E-state index in [1.165, 1.54) is 0 Å². The van der Waals surface area contributed by atoms with Gasteiger partial charge in [-0.15, -0.1) is 0 Å². The maximum absolute atomic E-state index is 10.6. The van der Waals surface area contributed by atoms with Crippen LogP contribution in [-0.4, -0.2) is 17.0 Å². The molecule has 1 aromatic heterocycles. The average Bonchev–Trinajstić information content (AvgIpc) is 2.49. The van der Waals surface area contributed by atoms with Crippen molar-refractivity contribution in [2.45, 2.75) is 6.54 Å². The van der Waals surface area contributed by atoms with Crippen LogP contribution in [0.2, 0.25) is 0 Å². The zero-order valence-electron chi connectivity index (χ0n) is 11.2. The van der Waals surface area contributed by atoms with Crippen molar-refractivity contribution in [3.63, 3.8) is 0 Å². The fourth-order valence-electron chi connectivity index (χ4n) is 1.69. The first-order chi connectivity index (χ1) is 10.1. The monoisotopic (exact) mass is 284 g/mol. The Labute approximate surface area is 121 Å². The normalized spacial score (nSPS) is 9.90. The van der Waals surface area contributed by atoms with Gasteiger partial charge in [-0.3, -0.25) is 10.1 Å². The molecule has 0 saturated heterocycles. The molecule has 7 heteroatoms. The molecular weight excluding hydrogens is 272 g/mol. The highest BCUT2D eigenvalue weighted by molar-refractivity contribution is 5.46. The van der Waals surface area contributed by atoms with Crippen LogP contribution in [0.3, 0.4) is 0 Å². The smallest absolute Gasteiger partial charge is 0.289 e. The predicted octanol–water partition coefficient (Wildman–Crippen LogP) is 2.37. The molecule has 106 valence electrons. The number of nitriles is 1. The Morgan fingerprint density at radius 1 is 1.43 bits per heavy atom. The highest BCUT2D eigenvalue weighted by Gasteiger charge is 2.13. The largest absolute Gasteiger partial charge is 0.438 e. The first-order valence-electron chi connectivity index (χ1n) is 6.10. The summed E-state index contributed by atoms with van der Waals surface area (Å²) in [5.41, 5.74) is 0.855. The Bertz CT molecular complexity index is 692. The molecule has 0 aliphatic carbocycles. The van der Waals surface area contributed by atoms with E-state index in [2.05, 4.69) is 10.3 Å². The molecule has 0 fully saturated rings. The van der Waals surface area contributed by atoms with Crippen molar-refractivity contribution in [3.8, 4) is 17.7 Å². The Kier molecular flexibility index (Phi) is 4.43. The average molecular weight is 284 g/mol. The number of rotatable bonds is 5. The highest BCUT2D eigenvalue weighted by atomic mass is 16.6. The topological polar surface area (TPSA) is 101 Å². The summed E-state index contributed by atoms with van der Waals surface area (Å²) < 4.78 is 5.49. The molecule has 0 atom stereocenters. The van der Waals surface area contributed by atoms with Crippen LogP contribution in [0.5, 0.6) is 11.6 Å². The van der Waals surface area contributed by atoms with Gasteiger partial charge in [0.15, 0.2) is 0 Å². The standard InChI is InChI=1S/C14H12N4O3/c1-16-8-10-2-4-13(5-3-10)21-14-11(7-15)6-12(9-17-14)18(19)20/h2-6,9,16H,8H2,1H3. The van der Waals surface area contributed by atoms with Gasteiger partial charge in [0.05, 0.1) is 4.92 Å². The number of hydrogen-bond donors (Lipinski definition) is 1. The molecule has 0 bridgehead atoms. The molecule has 1 heterocycles. The van der Waals surface area contributed by atoms with Crippen molar-refractivity contribution < 1.29 is 9.66 Å². The van der Waals surface area contributed by atoms with E-state index in [1.807, 2.05) is 25.2 Å². The summed E-state index contributed by atoms with van der Waals surface area (Å²) in [4.78, 5) is 13.9. The second kappa shape index (κ2) is 6.45. The lowest BCUT2D eigenvalue weighted by Crippen LogP contribution is -2.04. The van der Waals surface area contributed by atoms with E-state index in [0.29, 0.717) is 5.75 Å². The summed E-state index contributed by atoms with van der Waals surface area (Å²) in [6, 6.07) is 10.2. The zero-order chi connectivity index (χ0) is 15.2. The summed E-state index contributed by atoms with van der Waals surface area (Å²) in [6.45, 7) is 0.736. The Hall–Kier alpha value is -2.98. The Morgan fingerprint density at radius 3 is 2.71 bits per heavy atom.